The molecule has 0 spiro atoms. The number of carbonyl (C=O) groups is 1. The number of benzene rings is 1. The third kappa shape index (κ3) is 2.60. The van der Waals surface area contributed by atoms with Gasteiger partial charge in [-0.15, -0.1) is 16.4 Å². The van der Waals surface area contributed by atoms with Gasteiger partial charge in [0, 0.05) is 0 Å². The number of rotatable bonds is 3. The molecule has 0 aliphatic carbocycles. The van der Waals surface area contributed by atoms with Crippen molar-refractivity contribution in [3.63, 3.8) is 0 Å². The lowest BCUT2D eigenvalue weighted by Crippen LogP contribution is -2.14. The highest BCUT2D eigenvalue weighted by molar-refractivity contribution is 7.14. The van der Waals surface area contributed by atoms with Crippen molar-refractivity contribution in [3.05, 3.63) is 58.7 Å². The molecule has 108 valence electrons. The van der Waals surface area contributed by atoms with Gasteiger partial charge in [-0.05, 0) is 30.5 Å². The first-order chi connectivity index (χ1) is 10.7. The Morgan fingerprint density at radius 3 is 2.77 bits per heavy atom. The minimum absolute atomic E-state index is 0.237. The van der Waals surface area contributed by atoms with E-state index < -0.39 is 0 Å². The van der Waals surface area contributed by atoms with Gasteiger partial charge in [-0.25, -0.2) is 0 Å². The van der Waals surface area contributed by atoms with E-state index in [0.717, 1.165) is 5.69 Å². The lowest BCUT2D eigenvalue weighted by Gasteiger charge is -2.00. The molecule has 2 heterocycles. The predicted molar refractivity (Wildman–Crippen MR) is 83.1 cm³/mol. The maximum absolute atomic E-state index is 12.3. The average molecular weight is 309 g/mol. The van der Waals surface area contributed by atoms with E-state index in [0.29, 0.717) is 16.3 Å². The van der Waals surface area contributed by atoms with Crippen molar-refractivity contribution in [3.8, 4) is 11.8 Å². The third-order valence-electron chi connectivity index (χ3n) is 3.00. The van der Waals surface area contributed by atoms with Crippen LogP contribution in [0.25, 0.3) is 5.69 Å². The van der Waals surface area contributed by atoms with E-state index in [-0.39, 0.29) is 11.6 Å². The molecule has 0 saturated heterocycles. The van der Waals surface area contributed by atoms with Crippen LogP contribution in [-0.2, 0) is 0 Å². The van der Waals surface area contributed by atoms with E-state index in [1.54, 1.807) is 18.4 Å². The maximum atomic E-state index is 12.3. The average Bonchev–Trinajstić information content (AvgIpc) is 3.14. The fourth-order valence-corrected chi connectivity index (χ4v) is 2.65. The number of nitrogens with zero attached hydrogens (tertiary/aromatic N) is 4. The number of hydrogen-bond acceptors (Lipinski definition) is 5. The molecule has 0 aliphatic heterocycles. The SMILES string of the molecule is Cc1nn(-c2ccccc2)nc1C(=O)Nc1sccc1C#N. The summed E-state index contributed by atoms with van der Waals surface area (Å²) >= 11 is 1.30. The Bertz CT molecular complexity index is 860. The maximum Gasteiger partial charge on any atom is 0.278 e. The number of thiophene rings is 1. The van der Waals surface area contributed by atoms with Crippen LogP contribution >= 0.6 is 11.3 Å². The Morgan fingerprint density at radius 1 is 1.27 bits per heavy atom. The Kier molecular flexibility index (Phi) is 3.68. The molecule has 0 atom stereocenters. The summed E-state index contributed by atoms with van der Waals surface area (Å²) in [7, 11) is 0. The van der Waals surface area contributed by atoms with E-state index in [9.17, 15) is 4.79 Å². The van der Waals surface area contributed by atoms with Gasteiger partial charge < -0.3 is 5.32 Å². The largest absolute Gasteiger partial charge is 0.311 e. The van der Waals surface area contributed by atoms with Crippen LogP contribution in [0.4, 0.5) is 5.00 Å². The summed E-state index contributed by atoms with van der Waals surface area (Å²) in [6.45, 7) is 1.72. The number of para-hydroxylation sites is 1. The Hall–Kier alpha value is -2.98. The molecule has 7 heteroatoms. The highest BCUT2D eigenvalue weighted by Crippen LogP contribution is 2.23. The molecule has 0 saturated carbocycles. The van der Waals surface area contributed by atoms with E-state index >= 15 is 0 Å². The number of anilines is 1. The molecule has 1 aromatic carbocycles. The van der Waals surface area contributed by atoms with Crippen LogP contribution < -0.4 is 5.32 Å². The first-order valence-corrected chi connectivity index (χ1v) is 7.35. The van der Waals surface area contributed by atoms with Gasteiger partial charge in [0.1, 0.15) is 11.1 Å². The van der Waals surface area contributed by atoms with Crippen LogP contribution in [0.3, 0.4) is 0 Å². The normalized spacial score (nSPS) is 10.2. The minimum Gasteiger partial charge on any atom is -0.311 e. The van der Waals surface area contributed by atoms with Crippen LogP contribution in [0, 0.1) is 18.3 Å². The second-order valence-electron chi connectivity index (χ2n) is 4.49. The summed E-state index contributed by atoms with van der Waals surface area (Å²) in [5, 5.41) is 22.4. The molecule has 0 aliphatic rings. The van der Waals surface area contributed by atoms with Crippen LogP contribution in [0.5, 0.6) is 0 Å². The van der Waals surface area contributed by atoms with Gasteiger partial charge in [-0.2, -0.15) is 15.2 Å². The van der Waals surface area contributed by atoms with Gasteiger partial charge in [0.25, 0.3) is 5.91 Å². The summed E-state index contributed by atoms with van der Waals surface area (Å²) in [5.41, 5.74) is 1.97. The van der Waals surface area contributed by atoms with Gasteiger partial charge in [0.2, 0.25) is 0 Å². The topological polar surface area (TPSA) is 83.6 Å². The number of nitrogens with one attached hydrogen (secondary N) is 1. The molecule has 3 aromatic rings. The molecule has 0 bridgehead atoms. The molecular weight excluding hydrogens is 298 g/mol. The van der Waals surface area contributed by atoms with Crippen molar-refractivity contribution in [2.45, 2.75) is 6.92 Å². The number of nitriles is 1. The molecule has 0 radical (unpaired) electrons. The minimum atomic E-state index is -0.376. The summed E-state index contributed by atoms with van der Waals surface area (Å²) in [6.07, 6.45) is 0. The number of carbonyl (C=O) groups excluding carboxylic acids is 1. The van der Waals surface area contributed by atoms with E-state index in [2.05, 4.69) is 15.5 Å². The van der Waals surface area contributed by atoms with Crippen LogP contribution in [0.2, 0.25) is 0 Å². The fraction of sp³-hybridized carbons (Fsp3) is 0.0667. The van der Waals surface area contributed by atoms with Crippen molar-refractivity contribution in [1.29, 1.82) is 5.26 Å². The van der Waals surface area contributed by atoms with Gasteiger partial charge in [-0.3, -0.25) is 4.79 Å². The van der Waals surface area contributed by atoms with Crippen LogP contribution in [-0.4, -0.2) is 20.9 Å². The zero-order valence-electron chi connectivity index (χ0n) is 11.6. The first kappa shape index (κ1) is 14.0. The van der Waals surface area contributed by atoms with E-state index in [4.69, 9.17) is 5.26 Å². The highest BCUT2D eigenvalue weighted by atomic mass is 32.1. The zero-order chi connectivity index (χ0) is 15.5. The van der Waals surface area contributed by atoms with Gasteiger partial charge in [0.05, 0.1) is 16.9 Å². The first-order valence-electron chi connectivity index (χ1n) is 6.47. The van der Waals surface area contributed by atoms with Crippen LogP contribution in [0.1, 0.15) is 21.7 Å². The summed E-state index contributed by atoms with van der Waals surface area (Å²) in [6, 6.07) is 13.0. The predicted octanol–water partition coefficient (Wildman–Crippen LogP) is 2.76. The second kappa shape index (κ2) is 5.79. The van der Waals surface area contributed by atoms with Gasteiger partial charge in [-0.1, -0.05) is 18.2 Å². The molecule has 2 aromatic heterocycles. The van der Waals surface area contributed by atoms with Crippen molar-refractivity contribution in [2.75, 3.05) is 5.32 Å². The highest BCUT2D eigenvalue weighted by Gasteiger charge is 2.18. The summed E-state index contributed by atoms with van der Waals surface area (Å²) in [4.78, 5) is 13.7. The molecule has 0 fully saturated rings. The smallest absolute Gasteiger partial charge is 0.278 e. The fourth-order valence-electron chi connectivity index (χ4n) is 1.92. The molecule has 3 rings (SSSR count). The standard InChI is InChI=1S/C15H11N5OS/c1-10-13(14(21)17-15-11(9-16)7-8-22-15)19-20(18-10)12-5-3-2-4-6-12/h2-8H,1H3,(H,17,21). The lowest BCUT2D eigenvalue weighted by atomic mass is 10.3. The van der Waals surface area contributed by atoms with Gasteiger partial charge in [0.15, 0.2) is 5.69 Å². The van der Waals surface area contributed by atoms with Crippen molar-refractivity contribution in [2.24, 2.45) is 0 Å². The molecule has 0 unspecified atom stereocenters. The number of aromatic nitrogens is 3. The Morgan fingerprint density at radius 2 is 2.05 bits per heavy atom. The number of hydrogen-bond donors (Lipinski definition) is 1. The van der Waals surface area contributed by atoms with Crippen molar-refractivity contribution < 1.29 is 4.79 Å². The molecule has 1 N–H and O–H groups in total. The summed E-state index contributed by atoms with van der Waals surface area (Å²) < 4.78 is 0. The number of amides is 1. The second-order valence-corrected chi connectivity index (χ2v) is 5.40. The van der Waals surface area contributed by atoms with Crippen molar-refractivity contribution >= 4 is 22.2 Å². The van der Waals surface area contributed by atoms with Crippen LogP contribution in [0.15, 0.2) is 41.8 Å². The monoisotopic (exact) mass is 309 g/mol. The zero-order valence-corrected chi connectivity index (χ0v) is 12.5. The Balaban J connectivity index is 1.88. The summed E-state index contributed by atoms with van der Waals surface area (Å²) in [5.74, 6) is -0.376. The van der Waals surface area contributed by atoms with E-state index in [1.165, 1.54) is 16.1 Å². The molecule has 22 heavy (non-hydrogen) atoms. The molecule has 6 nitrogen and oxygen atoms in total. The number of aryl methyl sites for hydroxylation is 1. The van der Waals surface area contributed by atoms with Crippen molar-refractivity contribution in [1.82, 2.24) is 15.0 Å². The lowest BCUT2D eigenvalue weighted by molar-refractivity contribution is 0.102. The quantitative estimate of drug-likeness (QED) is 0.806. The molecular formula is C15H11N5OS. The van der Waals surface area contributed by atoms with Gasteiger partial charge >= 0.3 is 0 Å². The van der Waals surface area contributed by atoms with E-state index in [1.807, 2.05) is 36.4 Å². The molecule has 1 amide bonds. The third-order valence-corrected chi connectivity index (χ3v) is 3.83. The Labute approximate surface area is 130 Å².